The zero-order valence-corrected chi connectivity index (χ0v) is 10.0. The Bertz CT molecular complexity index is 452. The Balaban J connectivity index is 2.26. The third-order valence-corrected chi connectivity index (χ3v) is 5.59. The summed E-state index contributed by atoms with van der Waals surface area (Å²) >= 11 is 0. The van der Waals surface area contributed by atoms with Crippen LogP contribution in [0.1, 0.15) is 18.4 Å². The van der Waals surface area contributed by atoms with Crippen molar-refractivity contribution in [1.82, 2.24) is 0 Å². The van der Waals surface area contributed by atoms with Crippen molar-refractivity contribution in [3.05, 3.63) is 35.9 Å². The smallest absolute Gasteiger partial charge is 0.153 e. The molecule has 0 saturated heterocycles. The van der Waals surface area contributed by atoms with Crippen LogP contribution in [0, 0.1) is 5.92 Å². The molecule has 1 aliphatic rings. The number of sulfone groups is 1. The largest absolute Gasteiger partial charge is 0.396 e. The molecule has 0 bridgehead atoms. The van der Waals surface area contributed by atoms with Crippen LogP contribution >= 0.6 is 0 Å². The highest BCUT2D eigenvalue weighted by Crippen LogP contribution is 2.52. The number of rotatable bonds is 4. The molecule has 0 spiro atoms. The monoisotopic (exact) mass is 240 g/mol. The molecule has 3 atom stereocenters. The van der Waals surface area contributed by atoms with Crippen LogP contribution in [-0.2, 0) is 9.84 Å². The van der Waals surface area contributed by atoms with Gasteiger partial charge in [0.15, 0.2) is 9.84 Å². The molecule has 1 N–H and O–H groups in total. The molecule has 1 aromatic rings. The Morgan fingerprint density at radius 1 is 1.25 bits per heavy atom. The van der Waals surface area contributed by atoms with Crippen LogP contribution in [0.5, 0.6) is 0 Å². The van der Waals surface area contributed by atoms with E-state index in [4.69, 9.17) is 0 Å². The lowest BCUT2D eigenvalue weighted by molar-refractivity contribution is 0.274. The molecular formula is C12H16O3S. The molecular weight excluding hydrogens is 224 g/mol. The molecule has 1 aromatic carbocycles. The third-order valence-electron chi connectivity index (χ3n) is 3.31. The van der Waals surface area contributed by atoms with E-state index < -0.39 is 9.84 Å². The number of hydrogen-bond acceptors (Lipinski definition) is 3. The van der Waals surface area contributed by atoms with E-state index in [1.165, 1.54) is 0 Å². The standard InChI is InChI=1S/C12H16O3S/c1-2-16(14,15)12-10(8-13)11(12)9-6-4-3-5-7-9/h3-7,10-13H,2,8H2,1H3/t10-,11+,12+/m1/s1. The fourth-order valence-electron chi connectivity index (χ4n) is 2.35. The second-order valence-corrected chi connectivity index (χ2v) is 6.65. The first kappa shape index (κ1) is 11.6. The lowest BCUT2D eigenvalue weighted by Gasteiger charge is -1.99. The molecule has 2 rings (SSSR count). The zero-order valence-electron chi connectivity index (χ0n) is 9.20. The van der Waals surface area contributed by atoms with Gasteiger partial charge in [-0.15, -0.1) is 0 Å². The van der Waals surface area contributed by atoms with Crippen LogP contribution in [0.2, 0.25) is 0 Å². The summed E-state index contributed by atoms with van der Waals surface area (Å²) in [6.45, 7) is 1.60. The van der Waals surface area contributed by atoms with E-state index in [9.17, 15) is 13.5 Å². The van der Waals surface area contributed by atoms with Crippen molar-refractivity contribution in [1.29, 1.82) is 0 Å². The van der Waals surface area contributed by atoms with Crippen LogP contribution in [0.4, 0.5) is 0 Å². The first-order chi connectivity index (χ1) is 7.61. The molecule has 3 nitrogen and oxygen atoms in total. The molecule has 1 saturated carbocycles. The Hall–Kier alpha value is -0.870. The van der Waals surface area contributed by atoms with Crippen molar-refractivity contribution in [2.75, 3.05) is 12.4 Å². The topological polar surface area (TPSA) is 54.4 Å². The molecule has 88 valence electrons. The quantitative estimate of drug-likeness (QED) is 0.860. The summed E-state index contributed by atoms with van der Waals surface area (Å²) in [4.78, 5) is 0. The maximum absolute atomic E-state index is 11.8. The Morgan fingerprint density at radius 3 is 2.38 bits per heavy atom. The molecule has 0 amide bonds. The zero-order chi connectivity index (χ0) is 11.8. The summed E-state index contributed by atoms with van der Waals surface area (Å²) in [7, 11) is -3.04. The van der Waals surface area contributed by atoms with Crippen LogP contribution < -0.4 is 0 Å². The molecule has 0 radical (unpaired) electrons. The SMILES string of the molecule is CCS(=O)(=O)[C@H]1[C@H](CO)[C@@H]1c1ccccc1. The van der Waals surface area contributed by atoms with Crippen molar-refractivity contribution in [2.24, 2.45) is 5.92 Å². The van der Waals surface area contributed by atoms with E-state index in [0.717, 1.165) is 5.56 Å². The van der Waals surface area contributed by atoms with Gasteiger partial charge in [0.05, 0.1) is 5.25 Å². The molecule has 1 fully saturated rings. The lowest BCUT2D eigenvalue weighted by atomic mass is 10.1. The first-order valence-electron chi connectivity index (χ1n) is 5.49. The number of aliphatic hydroxyl groups excluding tert-OH is 1. The second-order valence-electron chi connectivity index (χ2n) is 4.20. The number of benzene rings is 1. The van der Waals surface area contributed by atoms with E-state index in [-0.39, 0.29) is 29.4 Å². The van der Waals surface area contributed by atoms with Gasteiger partial charge in [0.2, 0.25) is 0 Å². The minimum atomic E-state index is -3.04. The van der Waals surface area contributed by atoms with Gasteiger partial charge < -0.3 is 5.11 Å². The average molecular weight is 240 g/mol. The summed E-state index contributed by atoms with van der Waals surface area (Å²) in [5.74, 6) is 0.0146. The Labute approximate surface area is 96.0 Å². The minimum Gasteiger partial charge on any atom is -0.396 e. The van der Waals surface area contributed by atoms with Gasteiger partial charge in [-0.25, -0.2) is 8.42 Å². The normalized spacial score (nSPS) is 29.0. The third kappa shape index (κ3) is 1.87. The van der Waals surface area contributed by atoms with Gasteiger partial charge in [-0.2, -0.15) is 0 Å². The van der Waals surface area contributed by atoms with E-state index in [2.05, 4.69) is 0 Å². The van der Waals surface area contributed by atoms with Gasteiger partial charge in [0.1, 0.15) is 0 Å². The van der Waals surface area contributed by atoms with Gasteiger partial charge in [-0.1, -0.05) is 37.3 Å². The molecule has 1 aliphatic carbocycles. The summed E-state index contributed by atoms with van der Waals surface area (Å²) in [5.41, 5.74) is 1.02. The Kier molecular flexibility index (Phi) is 3.04. The lowest BCUT2D eigenvalue weighted by Crippen LogP contribution is -2.13. The number of hydrogen-bond donors (Lipinski definition) is 1. The fourth-order valence-corrected chi connectivity index (χ4v) is 4.24. The molecule has 4 heteroatoms. The second kappa shape index (κ2) is 4.18. The van der Waals surface area contributed by atoms with E-state index in [0.29, 0.717) is 0 Å². The average Bonchev–Trinajstić information content (AvgIpc) is 3.05. The van der Waals surface area contributed by atoms with Gasteiger partial charge in [-0.05, 0) is 5.56 Å². The number of aliphatic hydroxyl groups is 1. The van der Waals surface area contributed by atoms with Gasteiger partial charge in [-0.3, -0.25) is 0 Å². The van der Waals surface area contributed by atoms with Crippen LogP contribution in [0.3, 0.4) is 0 Å². The highest BCUT2D eigenvalue weighted by Gasteiger charge is 2.57. The van der Waals surface area contributed by atoms with E-state index in [1.54, 1.807) is 6.92 Å². The first-order valence-corrected chi connectivity index (χ1v) is 7.20. The van der Waals surface area contributed by atoms with Gasteiger partial charge in [0, 0.05) is 24.2 Å². The summed E-state index contributed by atoms with van der Waals surface area (Å²) < 4.78 is 23.6. The van der Waals surface area contributed by atoms with Crippen molar-refractivity contribution in [2.45, 2.75) is 18.1 Å². The predicted molar refractivity (Wildman–Crippen MR) is 63.0 cm³/mol. The van der Waals surface area contributed by atoms with Crippen molar-refractivity contribution in [3.63, 3.8) is 0 Å². The van der Waals surface area contributed by atoms with Gasteiger partial charge in [0.25, 0.3) is 0 Å². The molecule has 0 aliphatic heterocycles. The fraction of sp³-hybridized carbons (Fsp3) is 0.500. The van der Waals surface area contributed by atoms with Gasteiger partial charge >= 0.3 is 0 Å². The molecule has 0 heterocycles. The van der Waals surface area contributed by atoms with E-state index in [1.807, 2.05) is 30.3 Å². The summed E-state index contributed by atoms with van der Waals surface area (Å²) in [6, 6.07) is 9.57. The van der Waals surface area contributed by atoms with Crippen LogP contribution in [0.25, 0.3) is 0 Å². The maximum atomic E-state index is 11.8. The molecule has 0 unspecified atom stereocenters. The maximum Gasteiger partial charge on any atom is 0.153 e. The minimum absolute atomic E-state index is 0.0175. The van der Waals surface area contributed by atoms with Crippen molar-refractivity contribution >= 4 is 9.84 Å². The highest BCUT2D eigenvalue weighted by atomic mass is 32.2. The van der Waals surface area contributed by atoms with Crippen molar-refractivity contribution < 1.29 is 13.5 Å². The predicted octanol–water partition coefficient (Wildman–Crippen LogP) is 1.20. The van der Waals surface area contributed by atoms with Crippen LogP contribution in [-0.4, -0.2) is 31.1 Å². The Morgan fingerprint density at radius 2 is 1.88 bits per heavy atom. The van der Waals surface area contributed by atoms with E-state index >= 15 is 0 Å². The molecule has 16 heavy (non-hydrogen) atoms. The highest BCUT2D eigenvalue weighted by molar-refractivity contribution is 7.92. The summed E-state index contributed by atoms with van der Waals surface area (Å²) in [5, 5.41) is 8.82. The van der Waals surface area contributed by atoms with Crippen LogP contribution in [0.15, 0.2) is 30.3 Å². The summed E-state index contributed by atoms with van der Waals surface area (Å²) in [6.07, 6.45) is 0. The molecule has 0 aromatic heterocycles. The van der Waals surface area contributed by atoms with Crippen molar-refractivity contribution in [3.8, 4) is 0 Å².